The second-order valence-corrected chi connectivity index (χ2v) is 5.82. The molecule has 0 unspecified atom stereocenters. The Kier molecular flexibility index (Phi) is 5.47. The average Bonchev–Trinajstić information content (AvgIpc) is 3.05. The van der Waals surface area contributed by atoms with Gasteiger partial charge in [0.15, 0.2) is 11.4 Å². The van der Waals surface area contributed by atoms with Crippen LogP contribution in [-0.4, -0.2) is 25.3 Å². The average molecular weight is 382 g/mol. The summed E-state index contributed by atoms with van der Waals surface area (Å²) in [6.07, 6.45) is -9.28. The molecule has 0 N–H and O–H groups in total. The minimum Gasteiger partial charge on any atom is -0.300 e. The summed E-state index contributed by atoms with van der Waals surface area (Å²) >= 11 is 0. The van der Waals surface area contributed by atoms with Crippen molar-refractivity contribution in [3.05, 3.63) is 34.9 Å². The molecule has 0 saturated heterocycles. The molecule has 0 amide bonds. The van der Waals surface area contributed by atoms with Crippen molar-refractivity contribution in [2.24, 2.45) is 0 Å². The molecule has 11 heteroatoms. The lowest BCUT2D eigenvalue weighted by Gasteiger charge is -2.06. The molecule has 0 aliphatic rings. The van der Waals surface area contributed by atoms with Gasteiger partial charge in [-0.15, -0.1) is 0 Å². The predicted molar refractivity (Wildman–Crippen MR) is 78.2 cm³/mol. The molecule has 0 aromatic carbocycles. The maximum Gasteiger partial charge on any atom is 0.435 e. The van der Waals surface area contributed by atoms with Gasteiger partial charge in [0, 0.05) is 37.3 Å². The van der Waals surface area contributed by atoms with Crippen molar-refractivity contribution in [3.8, 4) is 0 Å². The van der Waals surface area contributed by atoms with E-state index < -0.39 is 23.7 Å². The van der Waals surface area contributed by atoms with E-state index in [1.807, 2.05) is 0 Å². The third-order valence-electron chi connectivity index (χ3n) is 3.75. The summed E-state index contributed by atoms with van der Waals surface area (Å²) in [4.78, 5) is 11.9. The highest BCUT2D eigenvalue weighted by Gasteiger charge is 2.35. The molecule has 0 aliphatic carbocycles. The molecular weight excluding hydrogens is 366 g/mol. The van der Waals surface area contributed by atoms with Crippen molar-refractivity contribution in [1.82, 2.24) is 19.6 Å². The second kappa shape index (κ2) is 7.12. The van der Waals surface area contributed by atoms with Gasteiger partial charge >= 0.3 is 12.4 Å². The van der Waals surface area contributed by atoms with E-state index in [1.165, 1.54) is 13.8 Å². The van der Waals surface area contributed by atoms with E-state index in [9.17, 15) is 31.1 Å². The van der Waals surface area contributed by atoms with Crippen LogP contribution in [0.15, 0.2) is 12.1 Å². The summed E-state index contributed by atoms with van der Waals surface area (Å²) in [6.45, 7) is 2.82. The Labute approximate surface area is 144 Å². The lowest BCUT2D eigenvalue weighted by molar-refractivity contribution is -0.142. The van der Waals surface area contributed by atoms with Gasteiger partial charge in [-0.2, -0.15) is 36.5 Å². The first-order valence-electron chi connectivity index (χ1n) is 7.63. The zero-order valence-corrected chi connectivity index (χ0v) is 13.9. The molecule has 26 heavy (non-hydrogen) atoms. The standard InChI is InChI=1S/C15H16F6N4O/c1-9-7-12(14(16,17)18)22-24(9)5-3-11(26)4-6-25-10(2)8-13(23-25)15(19,20)21/h7-8H,3-6H2,1-2H3. The van der Waals surface area contributed by atoms with Crippen molar-refractivity contribution in [1.29, 1.82) is 0 Å². The number of halogens is 6. The maximum atomic E-state index is 12.6. The van der Waals surface area contributed by atoms with Gasteiger partial charge in [0.1, 0.15) is 5.78 Å². The van der Waals surface area contributed by atoms with Crippen LogP contribution in [0.1, 0.15) is 35.6 Å². The Bertz CT molecular complexity index is 723. The predicted octanol–water partition coefficient (Wildman–Crippen LogP) is 3.78. The quantitative estimate of drug-likeness (QED) is 0.715. The van der Waals surface area contributed by atoms with E-state index in [-0.39, 0.29) is 43.1 Å². The van der Waals surface area contributed by atoms with Crippen molar-refractivity contribution < 1.29 is 31.1 Å². The highest BCUT2D eigenvalue weighted by molar-refractivity contribution is 5.78. The van der Waals surface area contributed by atoms with Crippen molar-refractivity contribution in [2.45, 2.75) is 52.1 Å². The zero-order valence-electron chi connectivity index (χ0n) is 13.9. The van der Waals surface area contributed by atoms with Gasteiger partial charge in [0.25, 0.3) is 0 Å². The monoisotopic (exact) mass is 382 g/mol. The smallest absolute Gasteiger partial charge is 0.300 e. The first-order valence-corrected chi connectivity index (χ1v) is 7.63. The van der Waals surface area contributed by atoms with Crippen LogP contribution in [0.5, 0.6) is 0 Å². The summed E-state index contributed by atoms with van der Waals surface area (Å²) in [6, 6.07) is 1.77. The summed E-state index contributed by atoms with van der Waals surface area (Å²) < 4.78 is 77.6. The van der Waals surface area contributed by atoms with E-state index in [0.717, 1.165) is 21.5 Å². The molecule has 2 rings (SSSR count). The summed E-state index contributed by atoms with van der Waals surface area (Å²) in [7, 11) is 0. The molecule has 5 nitrogen and oxygen atoms in total. The number of hydrogen-bond donors (Lipinski definition) is 0. The van der Waals surface area contributed by atoms with Gasteiger partial charge in [0.2, 0.25) is 0 Å². The second-order valence-electron chi connectivity index (χ2n) is 5.82. The van der Waals surface area contributed by atoms with E-state index in [1.54, 1.807) is 0 Å². The fraction of sp³-hybridized carbons (Fsp3) is 0.533. The number of carbonyl (C=O) groups excluding carboxylic acids is 1. The summed E-state index contributed by atoms with van der Waals surface area (Å²) in [5.41, 5.74) is -1.53. The van der Waals surface area contributed by atoms with Crippen LogP contribution in [0.3, 0.4) is 0 Å². The molecule has 0 spiro atoms. The van der Waals surface area contributed by atoms with Crippen LogP contribution in [0.4, 0.5) is 26.3 Å². The van der Waals surface area contributed by atoms with Crippen LogP contribution in [0.25, 0.3) is 0 Å². The van der Waals surface area contributed by atoms with E-state index in [4.69, 9.17) is 0 Å². The minimum absolute atomic E-state index is 0.0351. The third-order valence-corrected chi connectivity index (χ3v) is 3.75. The van der Waals surface area contributed by atoms with Gasteiger partial charge < -0.3 is 0 Å². The first-order chi connectivity index (χ1) is 11.9. The molecule has 0 fully saturated rings. The summed E-state index contributed by atoms with van der Waals surface area (Å²) in [5, 5.41) is 6.83. The topological polar surface area (TPSA) is 52.7 Å². The number of ketones is 1. The van der Waals surface area contributed by atoms with Crippen LogP contribution in [-0.2, 0) is 30.2 Å². The van der Waals surface area contributed by atoms with Crippen LogP contribution in [0.2, 0.25) is 0 Å². The number of alkyl halides is 6. The number of hydrogen-bond acceptors (Lipinski definition) is 3. The van der Waals surface area contributed by atoms with Crippen molar-refractivity contribution >= 4 is 5.78 Å². The Morgan fingerprint density at radius 3 is 1.46 bits per heavy atom. The molecule has 2 aromatic rings. The number of carbonyl (C=O) groups is 1. The number of rotatable bonds is 6. The SMILES string of the molecule is Cc1cc(C(F)(F)F)nn1CCC(=O)CCn1nc(C(F)(F)F)cc1C. The summed E-state index contributed by atoms with van der Waals surface area (Å²) in [5.74, 6) is -0.308. The molecule has 0 bridgehead atoms. The van der Waals surface area contributed by atoms with Crippen molar-refractivity contribution in [2.75, 3.05) is 0 Å². The molecule has 0 saturated carbocycles. The van der Waals surface area contributed by atoms with Crippen LogP contribution < -0.4 is 0 Å². The fourth-order valence-electron chi connectivity index (χ4n) is 2.34. The Hall–Kier alpha value is -2.33. The lowest BCUT2D eigenvalue weighted by atomic mass is 10.2. The molecule has 0 radical (unpaired) electrons. The highest BCUT2D eigenvalue weighted by Crippen LogP contribution is 2.29. The van der Waals surface area contributed by atoms with E-state index in [2.05, 4.69) is 10.2 Å². The molecule has 144 valence electrons. The lowest BCUT2D eigenvalue weighted by Crippen LogP contribution is -2.13. The van der Waals surface area contributed by atoms with E-state index in [0.29, 0.717) is 0 Å². The third kappa shape index (κ3) is 4.85. The number of aromatic nitrogens is 4. The molecule has 2 heterocycles. The molecule has 2 aromatic heterocycles. The van der Waals surface area contributed by atoms with E-state index >= 15 is 0 Å². The molecular formula is C15H16F6N4O. The number of Topliss-reactive ketones (excluding diaryl/α,β-unsaturated/α-hetero) is 1. The van der Waals surface area contributed by atoms with Gasteiger partial charge in [0.05, 0.1) is 0 Å². The van der Waals surface area contributed by atoms with Crippen LogP contribution in [0, 0.1) is 13.8 Å². The largest absolute Gasteiger partial charge is 0.435 e. The minimum atomic E-state index is -4.56. The maximum absolute atomic E-state index is 12.6. The Morgan fingerprint density at radius 2 is 1.19 bits per heavy atom. The van der Waals surface area contributed by atoms with Gasteiger partial charge in [-0.1, -0.05) is 0 Å². The molecule has 0 aliphatic heterocycles. The number of nitrogens with zero attached hydrogens (tertiary/aromatic N) is 4. The fourth-order valence-corrected chi connectivity index (χ4v) is 2.34. The Morgan fingerprint density at radius 1 is 0.846 bits per heavy atom. The zero-order chi connectivity index (χ0) is 19.7. The van der Waals surface area contributed by atoms with Gasteiger partial charge in [-0.05, 0) is 26.0 Å². The van der Waals surface area contributed by atoms with Gasteiger partial charge in [-0.25, -0.2) is 0 Å². The normalized spacial score (nSPS) is 12.6. The number of aryl methyl sites for hydroxylation is 4. The van der Waals surface area contributed by atoms with Crippen LogP contribution >= 0.6 is 0 Å². The van der Waals surface area contributed by atoms with Gasteiger partial charge in [-0.3, -0.25) is 14.2 Å². The van der Waals surface area contributed by atoms with Crippen molar-refractivity contribution in [3.63, 3.8) is 0 Å². The first kappa shape index (κ1) is 20.0. The molecule has 0 atom stereocenters. The highest BCUT2D eigenvalue weighted by atomic mass is 19.4. The Balaban J connectivity index is 1.90.